The zero-order chi connectivity index (χ0) is 14.5. The lowest BCUT2D eigenvalue weighted by Crippen LogP contribution is -2.35. The first-order chi connectivity index (χ1) is 9.61. The maximum Gasteiger partial charge on any atom is 0.254 e. The van der Waals surface area contributed by atoms with Crippen LogP contribution in [0.3, 0.4) is 0 Å². The van der Waals surface area contributed by atoms with E-state index in [-0.39, 0.29) is 11.7 Å². The highest BCUT2D eigenvalue weighted by Crippen LogP contribution is 2.13. The Morgan fingerprint density at radius 1 is 1.30 bits per heavy atom. The maximum atomic E-state index is 13.6. The molecule has 1 amide bonds. The highest BCUT2D eigenvalue weighted by Gasteiger charge is 2.20. The van der Waals surface area contributed by atoms with Crippen molar-refractivity contribution in [1.82, 2.24) is 9.80 Å². The van der Waals surface area contributed by atoms with E-state index >= 15 is 0 Å². The van der Waals surface area contributed by atoms with Crippen molar-refractivity contribution in [2.45, 2.75) is 13.3 Å². The number of halogens is 2. The van der Waals surface area contributed by atoms with E-state index in [2.05, 4.69) is 20.8 Å². The van der Waals surface area contributed by atoms with Crippen LogP contribution >= 0.6 is 15.9 Å². The van der Waals surface area contributed by atoms with Crippen LogP contribution in [-0.4, -0.2) is 53.8 Å². The SMILES string of the molecule is Cc1ccc(C(=O)N2CCCN(CCBr)CC2)cc1F. The van der Waals surface area contributed by atoms with Crippen molar-refractivity contribution in [2.24, 2.45) is 0 Å². The van der Waals surface area contributed by atoms with E-state index in [0.29, 0.717) is 17.7 Å². The first-order valence-electron chi connectivity index (χ1n) is 6.95. The van der Waals surface area contributed by atoms with Crippen LogP contribution in [0, 0.1) is 12.7 Å². The summed E-state index contributed by atoms with van der Waals surface area (Å²) in [7, 11) is 0. The molecule has 0 unspecified atom stereocenters. The van der Waals surface area contributed by atoms with Crippen LogP contribution in [0.15, 0.2) is 18.2 Å². The second-order valence-corrected chi connectivity index (χ2v) is 5.93. The number of carbonyl (C=O) groups excluding carboxylic acids is 1. The second kappa shape index (κ2) is 7.18. The van der Waals surface area contributed by atoms with E-state index in [1.165, 1.54) is 6.07 Å². The van der Waals surface area contributed by atoms with Gasteiger partial charge < -0.3 is 9.80 Å². The Morgan fingerprint density at radius 2 is 2.10 bits per heavy atom. The zero-order valence-electron chi connectivity index (χ0n) is 11.7. The first kappa shape index (κ1) is 15.4. The summed E-state index contributed by atoms with van der Waals surface area (Å²) in [5.74, 6) is -0.379. The minimum atomic E-state index is -0.313. The number of nitrogens with zero attached hydrogens (tertiary/aromatic N) is 2. The van der Waals surface area contributed by atoms with Crippen LogP contribution in [-0.2, 0) is 0 Å². The van der Waals surface area contributed by atoms with E-state index in [1.807, 2.05) is 4.90 Å². The smallest absolute Gasteiger partial charge is 0.254 e. The Bertz CT molecular complexity index is 481. The third-order valence-corrected chi connectivity index (χ3v) is 4.05. The Balaban J connectivity index is 2.03. The fourth-order valence-electron chi connectivity index (χ4n) is 2.43. The van der Waals surface area contributed by atoms with Crippen LogP contribution in [0.2, 0.25) is 0 Å². The highest BCUT2D eigenvalue weighted by atomic mass is 79.9. The monoisotopic (exact) mass is 342 g/mol. The van der Waals surface area contributed by atoms with E-state index < -0.39 is 0 Å². The minimum absolute atomic E-state index is 0.0652. The zero-order valence-corrected chi connectivity index (χ0v) is 13.3. The fraction of sp³-hybridized carbons (Fsp3) is 0.533. The third kappa shape index (κ3) is 3.79. The van der Waals surface area contributed by atoms with Crippen LogP contribution in [0.5, 0.6) is 0 Å². The standard InChI is InChI=1S/C15H20BrFN2O/c1-12-3-4-13(11-14(12)17)15(20)19-7-2-6-18(8-5-16)9-10-19/h3-4,11H,2,5-10H2,1H3. The van der Waals surface area contributed by atoms with Gasteiger partial charge in [-0.15, -0.1) is 0 Å². The molecule has 0 radical (unpaired) electrons. The number of alkyl halides is 1. The molecule has 0 aliphatic carbocycles. The van der Waals surface area contributed by atoms with Crippen molar-refractivity contribution in [1.29, 1.82) is 0 Å². The molecule has 1 heterocycles. The van der Waals surface area contributed by atoms with E-state index in [4.69, 9.17) is 0 Å². The summed E-state index contributed by atoms with van der Waals surface area (Å²) in [6.45, 7) is 6.05. The van der Waals surface area contributed by atoms with Crippen molar-refractivity contribution < 1.29 is 9.18 Å². The van der Waals surface area contributed by atoms with E-state index in [1.54, 1.807) is 19.1 Å². The predicted molar refractivity (Wildman–Crippen MR) is 81.9 cm³/mol. The molecule has 0 atom stereocenters. The molecule has 20 heavy (non-hydrogen) atoms. The fourth-order valence-corrected chi connectivity index (χ4v) is 2.93. The van der Waals surface area contributed by atoms with Gasteiger partial charge in [0.15, 0.2) is 0 Å². The normalized spacial score (nSPS) is 17.1. The number of hydrogen-bond donors (Lipinski definition) is 0. The molecule has 0 spiro atoms. The largest absolute Gasteiger partial charge is 0.337 e. The van der Waals surface area contributed by atoms with Gasteiger partial charge in [-0.25, -0.2) is 4.39 Å². The van der Waals surface area contributed by atoms with Gasteiger partial charge in [-0.2, -0.15) is 0 Å². The van der Waals surface area contributed by atoms with Crippen LogP contribution in [0.25, 0.3) is 0 Å². The van der Waals surface area contributed by atoms with Gasteiger partial charge in [-0.3, -0.25) is 4.79 Å². The molecule has 110 valence electrons. The number of carbonyl (C=O) groups is 1. The molecule has 3 nitrogen and oxygen atoms in total. The van der Waals surface area contributed by atoms with Crippen molar-refractivity contribution in [2.75, 3.05) is 38.1 Å². The molecule has 1 aromatic carbocycles. The van der Waals surface area contributed by atoms with Crippen molar-refractivity contribution in [3.8, 4) is 0 Å². The molecule has 0 N–H and O–H groups in total. The number of amides is 1. The van der Waals surface area contributed by atoms with Crippen molar-refractivity contribution >= 4 is 21.8 Å². The summed E-state index contributed by atoms with van der Waals surface area (Å²) in [6, 6.07) is 4.72. The summed E-state index contributed by atoms with van der Waals surface area (Å²) in [5.41, 5.74) is 1.02. The van der Waals surface area contributed by atoms with Crippen LogP contribution in [0.4, 0.5) is 4.39 Å². The molecule has 0 saturated carbocycles. The van der Waals surface area contributed by atoms with E-state index in [0.717, 1.165) is 37.9 Å². The van der Waals surface area contributed by atoms with Gasteiger partial charge in [0.05, 0.1) is 0 Å². The molecule has 0 bridgehead atoms. The quantitative estimate of drug-likeness (QED) is 0.788. The molecular weight excluding hydrogens is 323 g/mol. The first-order valence-corrected chi connectivity index (χ1v) is 8.07. The Labute approximate surface area is 127 Å². The van der Waals surface area contributed by atoms with Gasteiger partial charge in [0.1, 0.15) is 5.82 Å². The van der Waals surface area contributed by atoms with Crippen LogP contribution in [0.1, 0.15) is 22.3 Å². The molecule has 1 aromatic rings. The lowest BCUT2D eigenvalue weighted by atomic mass is 10.1. The Hall–Kier alpha value is -0.940. The molecule has 0 aromatic heterocycles. The Kier molecular flexibility index (Phi) is 5.54. The molecule has 1 saturated heterocycles. The molecule has 1 aliphatic rings. The average Bonchev–Trinajstić information content (AvgIpc) is 2.67. The minimum Gasteiger partial charge on any atom is -0.337 e. The molecule has 1 fully saturated rings. The topological polar surface area (TPSA) is 23.6 Å². The highest BCUT2D eigenvalue weighted by molar-refractivity contribution is 9.09. The predicted octanol–water partition coefficient (Wildman–Crippen LogP) is 2.68. The number of hydrogen-bond acceptors (Lipinski definition) is 2. The lowest BCUT2D eigenvalue weighted by Gasteiger charge is -2.21. The molecular formula is C15H20BrFN2O. The van der Waals surface area contributed by atoms with Gasteiger partial charge in [0.25, 0.3) is 5.91 Å². The van der Waals surface area contributed by atoms with Gasteiger partial charge in [-0.05, 0) is 37.6 Å². The van der Waals surface area contributed by atoms with Gasteiger partial charge in [-0.1, -0.05) is 22.0 Å². The lowest BCUT2D eigenvalue weighted by molar-refractivity contribution is 0.0761. The summed E-state index contributed by atoms with van der Waals surface area (Å²) < 4.78 is 13.6. The number of rotatable bonds is 3. The maximum absolute atomic E-state index is 13.6. The summed E-state index contributed by atoms with van der Waals surface area (Å²) in [6.07, 6.45) is 0.965. The Morgan fingerprint density at radius 3 is 2.80 bits per heavy atom. The number of aryl methyl sites for hydroxylation is 1. The van der Waals surface area contributed by atoms with Crippen LogP contribution < -0.4 is 0 Å². The van der Waals surface area contributed by atoms with E-state index in [9.17, 15) is 9.18 Å². The average molecular weight is 343 g/mol. The summed E-state index contributed by atoms with van der Waals surface area (Å²) >= 11 is 3.44. The summed E-state index contributed by atoms with van der Waals surface area (Å²) in [4.78, 5) is 16.6. The third-order valence-electron chi connectivity index (χ3n) is 3.70. The summed E-state index contributed by atoms with van der Waals surface area (Å²) in [5, 5.41) is 0.949. The second-order valence-electron chi connectivity index (χ2n) is 5.14. The molecule has 1 aliphatic heterocycles. The van der Waals surface area contributed by atoms with Gasteiger partial charge in [0, 0.05) is 37.1 Å². The number of benzene rings is 1. The molecule has 2 rings (SSSR count). The van der Waals surface area contributed by atoms with Gasteiger partial charge >= 0.3 is 0 Å². The van der Waals surface area contributed by atoms with Crippen molar-refractivity contribution in [3.63, 3.8) is 0 Å². The molecule has 5 heteroatoms. The van der Waals surface area contributed by atoms with Crippen molar-refractivity contribution in [3.05, 3.63) is 35.1 Å². The van der Waals surface area contributed by atoms with Gasteiger partial charge in [0.2, 0.25) is 0 Å².